The van der Waals surface area contributed by atoms with E-state index in [1.165, 1.54) is 6.42 Å². The van der Waals surface area contributed by atoms with Gasteiger partial charge in [0.25, 0.3) is 0 Å². The van der Waals surface area contributed by atoms with Crippen molar-refractivity contribution in [2.24, 2.45) is 5.84 Å². The van der Waals surface area contributed by atoms with Crippen LogP contribution < -0.4 is 11.3 Å². The maximum absolute atomic E-state index is 5.71. The van der Waals surface area contributed by atoms with Crippen molar-refractivity contribution in [3.8, 4) is 0 Å². The van der Waals surface area contributed by atoms with Gasteiger partial charge in [0.05, 0.1) is 5.60 Å². The molecule has 19 heavy (non-hydrogen) atoms. The summed E-state index contributed by atoms with van der Waals surface area (Å²) in [6.45, 7) is 3.19. The van der Waals surface area contributed by atoms with Crippen LogP contribution in [-0.4, -0.2) is 28.3 Å². The maximum atomic E-state index is 5.71. The van der Waals surface area contributed by atoms with E-state index in [1.54, 1.807) is 0 Å². The number of nitrogens with zero attached hydrogens (tertiary/aromatic N) is 2. The van der Waals surface area contributed by atoms with Crippen LogP contribution in [0.5, 0.6) is 0 Å². The first-order valence-corrected chi connectivity index (χ1v) is 7.24. The van der Waals surface area contributed by atoms with Gasteiger partial charge in [0, 0.05) is 38.5 Å². The van der Waals surface area contributed by atoms with Gasteiger partial charge in [-0.1, -0.05) is 6.92 Å². The monoisotopic (exact) mass is 266 g/mol. The summed E-state index contributed by atoms with van der Waals surface area (Å²) in [5.41, 5.74) is 2.98. The molecular formula is C14H26N4O. The Hall–Kier alpha value is -0.910. The lowest BCUT2D eigenvalue weighted by atomic mass is 9.75. The van der Waals surface area contributed by atoms with Crippen LogP contribution in [0.25, 0.3) is 0 Å². The second kappa shape index (κ2) is 6.50. The fraction of sp³-hybridized carbons (Fsp3) is 0.786. The summed E-state index contributed by atoms with van der Waals surface area (Å²) in [6.07, 6.45) is 10.4. The van der Waals surface area contributed by atoms with E-state index in [0.717, 1.165) is 44.5 Å². The number of aryl methyl sites for hydroxylation is 1. The Morgan fingerprint density at radius 3 is 2.89 bits per heavy atom. The van der Waals surface area contributed by atoms with Crippen LogP contribution in [0, 0.1) is 0 Å². The molecule has 0 radical (unpaired) electrons. The lowest BCUT2D eigenvalue weighted by Crippen LogP contribution is -2.48. The van der Waals surface area contributed by atoms with E-state index in [2.05, 4.69) is 21.9 Å². The second-order valence-corrected chi connectivity index (χ2v) is 5.55. The number of imidazole rings is 1. The van der Waals surface area contributed by atoms with Crippen LogP contribution >= 0.6 is 0 Å². The van der Waals surface area contributed by atoms with E-state index < -0.39 is 0 Å². The smallest absolute Gasteiger partial charge is 0.110 e. The minimum atomic E-state index is 0.0409. The number of nitrogens with two attached hydrogens (primary N) is 1. The highest BCUT2D eigenvalue weighted by molar-refractivity contribution is 4.99. The topological polar surface area (TPSA) is 65.1 Å². The van der Waals surface area contributed by atoms with Crippen molar-refractivity contribution in [2.75, 3.05) is 7.11 Å². The predicted molar refractivity (Wildman–Crippen MR) is 75.5 cm³/mol. The first-order valence-electron chi connectivity index (χ1n) is 7.24. The van der Waals surface area contributed by atoms with Crippen molar-refractivity contribution >= 4 is 0 Å². The van der Waals surface area contributed by atoms with E-state index >= 15 is 0 Å². The zero-order chi connectivity index (χ0) is 13.7. The average molecular weight is 266 g/mol. The van der Waals surface area contributed by atoms with E-state index in [0.29, 0.717) is 0 Å². The first kappa shape index (κ1) is 14.5. The van der Waals surface area contributed by atoms with E-state index in [-0.39, 0.29) is 11.6 Å². The maximum Gasteiger partial charge on any atom is 0.110 e. The lowest BCUT2D eigenvalue weighted by Gasteiger charge is -2.42. The Balaban J connectivity index is 1.96. The molecule has 1 aromatic rings. The minimum Gasteiger partial charge on any atom is -0.378 e. The summed E-state index contributed by atoms with van der Waals surface area (Å²) in [4.78, 5) is 4.45. The molecule has 1 aliphatic rings. The number of rotatable bonds is 8. The van der Waals surface area contributed by atoms with Gasteiger partial charge in [-0.3, -0.25) is 11.3 Å². The van der Waals surface area contributed by atoms with Gasteiger partial charge in [-0.25, -0.2) is 4.98 Å². The summed E-state index contributed by atoms with van der Waals surface area (Å²) in [7, 11) is 1.81. The van der Waals surface area contributed by atoms with E-state index in [1.807, 2.05) is 19.5 Å². The summed E-state index contributed by atoms with van der Waals surface area (Å²) in [5, 5.41) is 0. The minimum absolute atomic E-state index is 0.0409. The number of hydrogen-bond acceptors (Lipinski definition) is 4. The van der Waals surface area contributed by atoms with Gasteiger partial charge in [-0.2, -0.15) is 0 Å². The fourth-order valence-corrected chi connectivity index (χ4v) is 2.90. The summed E-state index contributed by atoms with van der Waals surface area (Å²) in [5.74, 6) is 6.82. The number of hydrazine groups is 1. The number of ether oxygens (including phenoxy) is 1. The Morgan fingerprint density at radius 2 is 2.37 bits per heavy atom. The Kier molecular flexibility index (Phi) is 4.96. The highest BCUT2D eigenvalue weighted by atomic mass is 16.5. The third-order valence-corrected chi connectivity index (χ3v) is 4.25. The molecule has 1 aromatic heterocycles. The van der Waals surface area contributed by atoms with Gasteiger partial charge in [0.1, 0.15) is 5.82 Å². The molecular weight excluding hydrogens is 240 g/mol. The van der Waals surface area contributed by atoms with Crippen LogP contribution in [0.2, 0.25) is 0 Å². The SMILES string of the molecule is CCCn1ccnc1CC(CC1(OC)CCC1)NN. The Bertz CT molecular complexity index is 381. The van der Waals surface area contributed by atoms with Crippen molar-refractivity contribution in [1.29, 1.82) is 0 Å². The van der Waals surface area contributed by atoms with Crippen molar-refractivity contribution in [2.45, 2.75) is 63.6 Å². The molecule has 0 bridgehead atoms. The normalized spacial score (nSPS) is 19.1. The first-order chi connectivity index (χ1) is 9.23. The Morgan fingerprint density at radius 1 is 1.58 bits per heavy atom. The van der Waals surface area contributed by atoms with Gasteiger partial charge in [-0.15, -0.1) is 0 Å². The molecule has 0 saturated heterocycles. The van der Waals surface area contributed by atoms with Crippen LogP contribution in [0.1, 0.15) is 44.9 Å². The predicted octanol–water partition coefficient (Wildman–Crippen LogP) is 1.63. The highest BCUT2D eigenvalue weighted by Gasteiger charge is 2.39. The van der Waals surface area contributed by atoms with Crippen LogP contribution in [-0.2, 0) is 17.7 Å². The molecule has 1 atom stereocenters. The standard InChI is InChI=1S/C14H26N4O/c1-3-8-18-9-7-16-13(18)10-12(17-15)11-14(19-2)5-4-6-14/h7,9,12,17H,3-6,8,10-11,15H2,1-2H3. The average Bonchev–Trinajstić information content (AvgIpc) is 2.80. The fourth-order valence-electron chi connectivity index (χ4n) is 2.90. The molecule has 5 nitrogen and oxygen atoms in total. The molecule has 1 fully saturated rings. The molecule has 3 N–H and O–H groups in total. The third-order valence-electron chi connectivity index (χ3n) is 4.25. The molecule has 0 amide bonds. The van der Waals surface area contributed by atoms with Crippen LogP contribution in [0.15, 0.2) is 12.4 Å². The highest BCUT2D eigenvalue weighted by Crippen LogP contribution is 2.39. The van der Waals surface area contributed by atoms with Crippen LogP contribution in [0.3, 0.4) is 0 Å². The molecule has 1 heterocycles. The zero-order valence-corrected chi connectivity index (χ0v) is 12.1. The number of methoxy groups -OCH3 is 1. The largest absolute Gasteiger partial charge is 0.378 e. The molecule has 108 valence electrons. The zero-order valence-electron chi connectivity index (χ0n) is 12.1. The lowest BCUT2D eigenvalue weighted by molar-refractivity contribution is -0.0835. The second-order valence-electron chi connectivity index (χ2n) is 5.55. The van der Waals surface area contributed by atoms with Gasteiger partial charge in [0.2, 0.25) is 0 Å². The molecule has 1 saturated carbocycles. The van der Waals surface area contributed by atoms with Gasteiger partial charge >= 0.3 is 0 Å². The van der Waals surface area contributed by atoms with E-state index in [4.69, 9.17) is 10.6 Å². The van der Waals surface area contributed by atoms with Crippen molar-refractivity contribution in [1.82, 2.24) is 15.0 Å². The summed E-state index contributed by atoms with van der Waals surface area (Å²) < 4.78 is 7.89. The Labute approximate surface area is 115 Å². The number of nitrogens with one attached hydrogen (secondary N) is 1. The van der Waals surface area contributed by atoms with Crippen molar-refractivity contribution < 1.29 is 4.74 Å². The molecule has 1 unspecified atom stereocenters. The molecule has 0 aromatic carbocycles. The molecule has 2 rings (SSSR count). The van der Waals surface area contributed by atoms with Crippen molar-refractivity contribution in [3.05, 3.63) is 18.2 Å². The summed E-state index contributed by atoms with van der Waals surface area (Å²) in [6, 6.07) is 0.221. The number of hydrogen-bond donors (Lipinski definition) is 2. The van der Waals surface area contributed by atoms with Crippen LogP contribution in [0.4, 0.5) is 0 Å². The third kappa shape index (κ3) is 3.35. The molecule has 5 heteroatoms. The summed E-state index contributed by atoms with van der Waals surface area (Å²) >= 11 is 0. The molecule has 0 spiro atoms. The number of aromatic nitrogens is 2. The quantitative estimate of drug-likeness (QED) is 0.554. The van der Waals surface area contributed by atoms with E-state index in [9.17, 15) is 0 Å². The molecule has 1 aliphatic carbocycles. The van der Waals surface area contributed by atoms with Gasteiger partial charge in [-0.05, 0) is 32.1 Å². The molecule has 0 aliphatic heterocycles. The van der Waals surface area contributed by atoms with Gasteiger partial charge < -0.3 is 9.30 Å². The van der Waals surface area contributed by atoms with Gasteiger partial charge in [0.15, 0.2) is 0 Å². The van der Waals surface area contributed by atoms with Crippen molar-refractivity contribution in [3.63, 3.8) is 0 Å².